The molecule has 9 nitrogen and oxygen atoms in total. The van der Waals surface area contributed by atoms with Crippen molar-refractivity contribution < 1.29 is 28.2 Å². The van der Waals surface area contributed by atoms with Crippen LogP contribution in [0.15, 0.2) is 34.0 Å². The molecule has 0 radical (unpaired) electrons. The quantitative estimate of drug-likeness (QED) is 0.154. The molecule has 2 rings (SSSR count). The van der Waals surface area contributed by atoms with Crippen molar-refractivity contribution in [2.24, 2.45) is 0 Å². The maximum absolute atomic E-state index is 12.2. The van der Waals surface area contributed by atoms with E-state index in [2.05, 4.69) is 17.3 Å². The average molecular weight is 504 g/mol. The Morgan fingerprint density at radius 2 is 2.06 bits per heavy atom. The molecule has 0 aliphatic heterocycles. The summed E-state index contributed by atoms with van der Waals surface area (Å²) >= 11 is 2.66. The standard InChI is InChI=1S/C20H29N3O6S3/c1-3-4-5-18(25)15-6-8-16(9-7-15)23(32(2,27)28)21-10-13-30-20-22-17(14-31-20)19(26)29-12-11-24/h6-9,14,18,21,24-25H,3-5,10-13H2,1-2H3. The number of thiazole rings is 1. The molecule has 0 aliphatic carbocycles. The van der Waals surface area contributed by atoms with E-state index in [1.165, 1.54) is 23.1 Å². The fraction of sp³-hybridized carbons (Fsp3) is 0.500. The molecule has 0 amide bonds. The number of carbonyl (C=O) groups excluding carboxylic acids is 1. The van der Waals surface area contributed by atoms with Gasteiger partial charge in [0.15, 0.2) is 10.0 Å². The molecule has 178 valence electrons. The topological polar surface area (TPSA) is 129 Å². The number of esters is 1. The number of hydrogen-bond donors (Lipinski definition) is 3. The summed E-state index contributed by atoms with van der Waals surface area (Å²) in [6, 6.07) is 6.79. The number of thioether (sulfide) groups is 1. The van der Waals surface area contributed by atoms with Gasteiger partial charge in [-0.2, -0.15) is 0 Å². The number of hydrazine groups is 1. The highest BCUT2D eigenvalue weighted by molar-refractivity contribution is 8.01. The summed E-state index contributed by atoms with van der Waals surface area (Å²) in [4.78, 5) is 15.9. The van der Waals surface area contributed by atoms with E-state index >= 15 is 0 Å². The van der Waals surface area contributed by atoms with Crippen LogP contribution in [0.25, 0.3) is 0 Å². The third-order valence-corrected chi connectivity index (χ3v) is 7.30. The first-order chi connectivity index (χ1) is 15.3. The first kappa shape index (κ1) is 26.6. The number of aliphatic hydroxyl groups is 2. The van der Waals surface area contributed by atoms with E-state index in [0.717, 1.165) is 29.1 Å². The van der Waals surface area contributed by atoms with Gasteiger partial charge in [0.1, 0.15) is 6.61 Å². The largest absolute Gasteiger partial charge is 0.459 e. The molecule has 2 aromatic rings. The Hall–Kier alpha value is -1.70. The molecule has 1 atom stereocenters. The molecule has 12 heteroatoms. The maximum Gasteiger partial charge on any atom is 0.357 e. The number of hydrogen-bond acceptors (Lipinski definition) is 10. The van der Waals surface area contributed by atoms with Crippen molar-refractivity contribution >= 4 is 44.8 Å². The molecule has 0 aliphatic rings. The Kier molecular flexibility index (Phi) is 10.9. The number of unbranched alkanes of at least 4 members (excludes halogenated alkanes) is 1. The second-order valence-corrected chi connectivity index (χ2v) is 10.9. The Bertz CT molecular complexity index is 950. The van der Waals surface area contributed by atoms with Crippen molar-refractivity contribution in [1.82, 2.24) is 10.4 Å². The van der Waals surface area contributed by atoms with Gasteiger partial charge in [0, 0.05) is 17.7 Å². The summed E-state index contributed by atoms with van der Waals surface area (Å²) in [7, 11) is -3.57. The predicted octanol–water partition coefficient (Wildman–Crippen LogP) is 2.58. The van der Waals surface area contributed by atoms with E-state index < -0.39 is 22.1 Å². The molecule has 3 N–H and O–H groups in total. The SMILES string of the molecule is CCCCC(O)c1ccc(N(NCCSc2nc(C(=O)OCCO)cs2)S(C)(=O)=O)cc1. The summed E-state index contributed by atoms with van der Waals surface area (Å²) < 4.78 is 31.1. The minimum Gasteiger partial charge on any atom is -0.459 e. The molecule has 0 spiro atoms. The van der Waals surface area contributed by atoms with Crippen molar-refractivity contribution in [3.05, 3.63) is 40.9 Å². The zero-order valence-corrected chi connectivity index (χ0v) is 20.5. The lowest BCUT2D eigenvalue weighted by molar-refractivity contribution is 0.0427. The summed E-state index contributed by atoms with van der Waals surface area (Å²) in [5.41, 5.74) is 4.29. The number of anilines is 1. The number of rotatable bonds is 14. The average Bonchev–Trinajstić information content (AvgIpc) is 3.24. The highest BCUT2D eigenvalue weighted by Crippen LogP contribution is 2.24. The van der Waals surface area contributed by atoms with E-state index in [1.54, 1.807) is 29.6 Å². The molecule has 32 heavy (non-hydrogen) atoms. The van der Waals surface area contributed by atoms with Crippen LogP contribution in [0.2, 0.25) is 0 Å². The Labute approximate surface area is 196 Å². The minimum absolute atomic E-state index is 0.0806. The van der Waals surface area contributed by atoms with Crippen LogP contribution >= 0.6 is 23.1 Å². The van der Waals surface area contributed by atoms with Gasteiger partial charge in [-0.1, -0.05) is 43.7 Å². The van der Waals surface area contributed by atoms with Gasteiger partial charge in [-0.15, -0.1) is 11.3 Å². The molecular weight excluding hydrogens is 474 g/mol. The third kappa shape index (κ3) is 8.34. The van der Waals surface area contributed by atoms with Gasteiger partial charge in [0.05, 0.1) is 24.7 Å². The van der Waals surface area contributed by atoms with Crippen LogP contribution in [-0.4, -0.2) is 61.4 Å². The predicted molar refractivity (Wildman–Crippen MR) is 126 cm³/mol. The van der Waals surface area contributed by atoms with E-state index in [9.17, 15) is 18.3 Å². The number of carbonyl (C=O) groups is 1. The van der Waals surface area contributed by atoms with Crippen molar-refractivity contribution in [1.29, 1.82) is 0 Å². The summed E-state index contributed by atoms with van der Waals surface area (Å²) in [5, 5.41) is 20.5. The van der Waals surface area contributed by atoms with Gasteiger partial charge in [-0.05, 0) is 24.1 Å². The molecule has 0 fully saturated rings. The van der Waals surface area contributed by atoms with E-state index in [-0.39, 0.29) is 18.9 Å². The number of aromatic nitrogens is 1. The van der Waals surface area contributed by atoms with E-state index in [4.69, 9.17) is 9.84 Å². The van der Waals surface area contributed by atoms with Crippen LogP contribution in [0.5, 0.6) is 0 Å². The lowest BCUT2D eigenvalue weighted by atomic mass is 10.0. The second kappa shape index (κ2) is 13.1. The van der Waals surface area contributed by atoms with Crippen LogP contribution in [0, 0.1) is 0 Å². The number of nitrogens with one attached hydrogen (secondary N) is 1. The fourth-order valence-corrected chi connectivity index (χ4v) is 5.25. The van der Waals surface area contributed by atoms with Crippen molar-refractivity contribution in [2.75, 3.05) is 36.2 Å². The van der Waals surface area contributed by atoms with Gasteiger partial charge >= 0.3 is 5.97 Å². The highest BCUT2D eigenvalue weighted by Gasteiger charge is 2.18. The number of ether oxygens (including phenoxy) is 1. The zero-order valence-electron chi connectivity index (χ0n) is 18.1. The number of aliphatic hydroxyl groups excluding tert-OH is 2. The highest BCUT2D eigenvalue weighted by atomic mass is 32.2. The zero-order chi connectivity index (χ0) is 23.6. The summed E-state index contributed by atoms with van der Waals surface area (Å²) in [6.45, 7) is 2.07. The fourth-order valence-electron chi connectivity index (χ4n) is 2.71. The number of nitrogens with zero attached hydrogens (tertiary/aromatic N) is 2. The Morgan fingerprint density at radius 1 is 1.34 bits per heavy atom. The summed E-state index contributed by atoms with van der Waals surface area (Å²) in [5.74, 6) is -0.0786. The van der Waals surface area contributed by atoms with Crippen LogP contribution < -0.4 is 9.84 Å². The van der Waals surface area contributed by atoms with Crippen molar-refractivity contribution in [3.8, 4) is 0 Å². The Balaban J connectivity index is 1.91. The third-order valence-electron chi connectivity index (χ3n) is 4.27. The molecule has 1 unspecified atom stereocenters. The van der Waals surface area contributed by atoms with Crippen LogP contribution in [0.1, 0.15) is 48.3 Å². The summed E-state index contributed by atoms with van der Waals surface area (Å²) in [6.07, 6.45) is 3.13. The monoisotopic (exact) mass is 503 g/mol. The normalized spacial score (nSPS) is 12.5. The number of benzene rings is 1. The van der Waals surface area contributed by atoms with Crippen LogP contribution in [0.4, 0.5) is 5.69 Å². The van der Waals surface area contributed by atoms with Crippen LogP contribution in [0.3, 0.4) is 0 Å². The van der Waals surface area contributed by atoms with Crippen LogP contribution in [-0.2, 0) is 14.8 Å². The van der Waals surface area contributed by atoms with Gasteiger partial charge < -0.3 is 14.9 Å². The van der Waals surface area contributed by atoms with Gasteiger partial charge in [0.25, 0.3) is 0 Å². The lowest BCUT2D eigenvalue weighted by Gasteiger charge is -2.23. The Morgan fingerprint density at radius 3 is 2.69 bits per heavy atom. The molecular formula is C20H29N3O6S3. The van der Waals surface area contributed by atoms with Crippen molar-refractivity contribution in [2.45, 2.75) is 36.6 Å². The molecule has 0 saturated heterocycles. The smallest absolute Gasteiger partial charge is 0.357 e. The first-order valence-corrected chi connectivity index (χ1v) is 13.9. The van der Waals surface area contributed by atoms with E-state index in [0.29, 0.717) is 28.7 Å². The van der Waals surface area contributed by atoms with Gasteiger partial charge in [-0.25, -0.2) is 28.0 Å². The van der Waals surface area contributed by atoms with Gasteiger partial charge in [-0.3, -0.25) is 0 Å². The molecule has 1 aromatic heterocycles. The second-order valence-electron chi connectivity index (χ2n) is 6.89. The van der Waals surface area contributed by atoms with Crippen molar-refractivity contribution in [3.63, 3.8) is 0 Å². The maximum atomic E-state index is 12.2. The molecule has 0 bridgehead atoms. The molecule has 0 saturated carbocycles. The number of sulfonamides is 1. The lowest BCUT2D eigenvalue weighted by Crippen LogP contribution is -2.43. The minimum atomic E-state index is -3.57. The van der Waals surface area contributed by atoms with E-state index in [1.807, 2.05) is 0 Å². The first-order valence-electron chi connectivity index (χ1n) is 10.1. The molecule has 1 heterocycles. The molecule has 1 aromatic carbocycles. The van der Waals surface area contributed by atoms with Gasteiger partial charge in [0.2, 0.25) is 10.0 Å².